The van der Waals surface area contributed by atoms with Gasteiger partial charge in [-0.1, -0.05) is 81.9 Å². The minimum absolute atomic E-state index is 0.0194. The predicted octanol–water partition coefficient (Wildman–Crippen LogP) is 6.19. The summed E-state index contributed by atoms with van der Waals surface area (Å²) in [5, 5.41) is 9.53. The van der Waals surface area contributed by atoms with Gasteiger partial charge in [0, 0.05) is 28.1 Å². The molecule has 49 heavy (non-hydrogen) atoms. The number of carbonyl (C=O) groups excluding carboxylic acids is 4. The van der Waals surface area contributed by atoms with Gasteiger partial charge in [0.05, 0.1) is 16.1 Å². The lowest BCUT2D eigenvalue weighted by molar-refractivity contribution is -0.138. The molecule has 1 aliphatic rings. The van der Waals surface area contributed by atoms with Crippen molar-refractivity contribution in [2.45, 2.75) is 90.2 Å². The predicted molar refractivity (Wildman–Crippen MR) is 180 cm³/mol. The smallest absolute Gasteiger partial charge is 0.416 e. The fraction of sp³-hybridized carbons (Fsp3) is 0.471. The van der Waals surface area contributed by atoms with Crippen LogP contribution in [0.25, 0.3) is 10.9 Å². The van der Waals surface area contributed by atoms with E-state index < -0.39 is 65.7 Å². The molecule has 0 saturated heterocycles. The van der Waals surface area contributed by atoms with Crippen LogP contribution in [0.3, 0.4) is 0 Å². The molecule has 2 aromatic carbocycles. The van der Waals surface area contributed by atoms with Gasteiger partial charge in [-0.3, -0.25) is 14.4 Å². The number of nitrogens with one attached hydrogen (secondary N) is 4. The Labute approximate surface area is 292 Å². The van der Waals surface area contributed by atoms with Crippen molar-refractivity contribution < 1.29 is 37.1 Å². The number of carbonyl (C=O) groups is 4. The van der Waals surface area contributed by atoms with Gasteiger partial charge in [-0.25, -0.2) is 4.79 Å². The maximum Gasteiger partial charge on any atom is 0.416 e. The first-order valence-electron chi connectivity index (χ1n) is 16.0. The van der Waals surface area contributed by atoms with Crippen LogP contribution in [0.5, 0.6) is 0 Å². The summed E-state index contributed by atoms with van der Waals surface area (Å²) in [5.41, 5.74) is 4.95. The Balaban J connectivity index is 1.65. The van der Waals surface area contributed by atoms with Crippen molar-refractivity contribution in [3.8, 4) is 0 Å². The Morgan fingerprint density at radius 3 is 2.31 bits per heavy atom. The first-order valence-corrected chi connectivity index (χ1v) is 16.8. The van der Waals surface area contributed by atoms with Crippen molar-refractivity contribution in [2.75, 3.05) is 0 Å². The van der Waals surface area contributed by atoms with E-state index in [1.165, 1.54) is 18.2 Å². The van der Waals surface area contributed by atoms with E-state index in [0.29, 0.717) is 45.8 Å². The second-order valence-electron chi connectivity index (χ2n) is 12.6. The molecule has 10 nitrogen and oxygen atoms in total. The summed E-state index contributed by atoms with van der Waals surface area (Å²) >= 11 is 12.8. The molecule has 4 amide bonds. The van der Waals surface area contributed by atoms with Gasteiger partial charge in [0.1, 0.15) is 24.2 Å². The second-order valence-corrected chi connectivity index (χ2v) is 13.5. The molecule has 1 heterocycles. The van der Waals surface area contributed by atoms with Crippen molar-refractivity contribution in [3.05, 3.63) is 68.8 Å². The molecule has 6 N–H and O–H groups in total. The Hall–Kier alpha value is -3.97. The summed E-state index contributed by atoms with van der Waals surface area (Å²) in [6, 6.07) is 5.71. The Bertz CT molecular complexity index is 1730. The number of hydrogen-bond acceptors (Lipinski definition) is 5. The molecule has 5 atom stereocenters. The number of ether oxygens (including phenoxy) is 1. The van der Waals surface area contributed by atoms with Gasteiger partial charge in [-0.05, 0) is 48.4 Å². The first-order chi connectivity index (χ1) is 23.0. The maximum absolute atomic E-state index is 14.2. The Kier molecular flexibility index (Phi) is 11.8. The van der Waals surface area contributed by atoms with Crippen LogP contribution in [0.15, 0.2) is 36.4 Å². The number of fused-ring (bicyclic) bond motifs is 3. The fourth-order valence-corrected chi connectivity index (χ4v) is 6.63. The second kappa shape index (κ2) is 15.3. The zero-order valence-electron chi connectivity index (χ0n) is 27.5. The standard InChI is InChI=1S/C34H40Cl2F3N5O5/c1-5-17(3)26(29(40)45)42-31(47)33(12-11-25-22(15-33)21-13-20(35)14-24(36)28(21)41-25)44-30(46)27(18(4)6-2)43-32(48)49-16-19-9-7-8-10-23(19)34(37,38)39/h7-10,13-14,17-18,26-27,41H,5-6,11-12,15-16H2,1-4H3,(H2,40,45)(H,42,47)(H,43,48)(H,44,46)/t17?,18?,26-,27-,33+/m0/s1. The van der Waals surface area contributed by atoms with E-state index in [4.69, 9.17) is 33.7 Å². The molecule has 1 aliphatic carbocycles. The van der Waals surface area contributed by atoms with Gasteiger partial charge < -0.3 is 31.4 Å². The third-order valence-electron chi connectivity index (χ3n) is 9.35. The molecular weight excluding hydrogens is 686 g/mol. The Morgan fingerprint density at radius 1 is 1.02 bits per heavy atom. The molecule has 0 saturated carbocycles. The number of hydrogen-bond donors (Lipinski definition) is 5. The van der Waals surface area contributed by atoms with Gasteiger partial charge in [0.25, 0.3) is 0 Å². The van der Waals surface area contributed by atoms with Crippen LogP contribution in [-0.4, -0.2) is 46.4 Å². The van der Waals surface area contributed by atoms with Gasteiger partial charge in [-0.15, -0.1) is 0 Å². The van der Waals surface area contributed by atoms with E-state index in [1.807, 2.05) is 6.92 Å². The molecule has 0 radical (unpaired) electrons. The molecule has 3 aromatic rings. The lowest BCUT2D eigenvalue weighted by Crippen LogP contribution is -2.67. The van der Waals surface area contributed by atoms with E-state index in [1.54, 1.807) is 32.9 Å². The minimum atomic E-state index is -4.66. The van der Waals surface area contributed by atoms with Crippen LogP contribution < -0.4 is 21.7 Å². The van der Waals surface area contributed by atoms with E-state index in [9.17, 15) is 32.3 Å². The number of H-pyrrole nitrogens is 1. The highest BCUT2D eigenvalue weighted by atomic mass is 35.5. The molecule has 2 unspecified atom stereocenters. The number of rotatable bonds is 12. The number of halogens is 5. The highest BCUT2D eigenvalue weighted by Crippen LogP contribution is 2.38. The number of aromatic amines is 1. The molecule has 4 rings (SSSR count). The van der Waals surface area contributed by atoms with Crippen LogP contribution in [0.4, 0.5) is 18.0 Å². The third kappa shape index (κ3) is 8.43. The molecule has 1 aromatic heterocycles. The number of primary amides is 1. The van der Waals surface area contributed by atoms with Crippen molar-refractivity contribution >= 4 is 57.9 Å². The zero-order valence-corrected chi connectivity index (χ0v) is 29.0. The normalized spacial score (nSPS) is 18.5. The van der Waals surface area contributed by atoms with Crippen molar-refractivity contribution in [3.63, 3.8) is 0 Å². The topological polar surface area (TPSA) is 155 Å². The molecule has 0 fully saturated rings. The van der Waals surface area contributed by atoms with Gasteiger partial charge >= 0.3 is 12.3 Å². The number of alkyl halides is 3. The van der Waals surface area contributed by atoms with Gasteiger partial charge in [0.15, 0.2) is 0 Å². The lowest BCUT2D eigenvalue weighted by atomic mass is 9.78. The molecule has 0 aliphatic heterocycles. The van der Waals surface area contributed by atoms with E-state index in [-0.39, 0.29) is 24.3 Å². The molecule has 0 bridgehead atoms. The van der Waals surface area contributed by atoms with Crippen molar-refractivity contribution in [1.29, 1.82) is 0 Å². The minimum Gasteiger partial charge on any atom is -0.445 e. The summed E-state index contributed by atoms with van der Waals surface area (Å²) in [4.78, 5) is 57.0. The quantitative estimate of drug-likeness (QED) is 0.151. The summed E-state index contributed by atoms with van der Waals surface area (Å²) in [6.07, 6.45) is -4.44. The number of aromatic nitrogens is 1. The fourth-order valence-electron chi connectivity index (χ4n) is 6.09. The van der Waals surface area contributed by atoms with Crippen molar-refractivity contribution in [2.24, 2.45) is 17.6 Å². The molecule has 0 spiro atoms. The highest BCUT2D eigenvalue weighted by Gasteiger charge is 2.47. The van der Waals surface area contributed by atoms with Gasteiger partial charge in [0.2, 0.25) is 17.7 Å². The van der Waals surface area contributed by atoms with E-state index in [2.05, 4.69) is 20.9 Å². The van der Waals surface area contributed by atoms with Crippen LogP contribution in [0, 0.1) is 11.8 Å². The average molecular weight is 727 g/mol. The lowest BCUT2D eigenvalue weighted by Gasteiger charge is -2.39. The van der Waals surface area contributed by atoms with Gasteiger partial charge in [-0.2, -0.15) is 13.2 Å². The summed E-state index contributed by atoms with van der Waals surface area (Å²) in [5.74, 6) is -2.91. The third-order valence-corrected chi connectivity index (χ3v) is 9.87. The van der Waals surface area contributed by atoms with Crippen LogP contribution in [-0.2, 0) is 44.7 Å². The number of aryl methyl sites for hydroxylation is 1. The molecule has 266 valence electrons. The SMILES string of the molecule is CCC(C)[C@H](NC(=O)[C@@]1(NC(=O)[C@@H](NC(=O)OCc2ccccc2C(F)(F)F)C(C)CC)CCc2[nH]c3c(Cl)cc(Cl)cc3c2C1)C(N)=O. The molecular formula is C34H40Cl2F3N5O5. The maximum atomic E-state index is 14.2. The number of amides is 4. The highest BCUT2D eigenvalue weighted by molar-refractivity contribution is 6.38. The van der Waals surface area contributed by atoms with Crippen LogP contribution >= 0.6 is 23.2 Å². The summed E-state index contributed by atoms with van der Waals surface area (Å²) in [7, 11) is 0. The Morgan fingerprint density at radius 2 is 1.67 bits per heavy atom. The largest absolute Gasteiger partial charge is 0.445 e. The summed E-state index contributed by atoms with van der Waals surface area (Å²) in [6.45, 7) is 6.41. The van der Waals surface area contributed by atoms with Crippen LogP contribution in [0.1, 0.15) is 69.3 Å². The van der Waals surface area contributed by atoms with Crippen LogP contribution in [0.2, 0.25) is 10.0 Å². The number of benzene rings is 2. The number of nitrogens with two attached hydrogens (primary N) is 1. The average Bonchev–Trinajstić information content (AvgIpc) is 3.41. The molecule has 15 heteroatoms. The van der Waals surface area contributed by atoms with E-state index >= 15 is 0 Å². The monoisotopic (exact) mass is 725 g/mol. The number of alkyl carbamates (subject to hydrolysis) is 1. The summed E-state index contributed by atoms with van der Waals surface area (Å²) < 4.78 is 45.5. The van der Waals surface area contributed by atoms with Crippen molar-refractivity contribution in [1.82, 2.24) is 20.9 Å². The zero-order chi connectivity index (χ0) is 36.3. The first kappa shape index (κ1) is 37.8. The van der Waals surface area contributed by atoms with E-state index in [0.717, 1.165) is 11.8 Å².